The molecule has 2 aromatic rings. The summed E-state index contributed by atoms with van der Waals surface area (Å²) in [6, 6.07) is 0. The molecule has 2 saturated heterocycles. The number of amides is 1. The standard InChI is InChI=1S/C19H26N4O5/c1-13-17(27-12-20-13)19(24)23-7-2-15(3-8-23)26-11-6-16-21-18(28-22-16)14-4-9-25-10-5-14/h12,14-15H,2-11H2,1H3. The molecule has 0 unspecified atom stereocenters. The summed E-state index contributed by atoms with van der Waals surface area (Å²) in [5.74, 6) is 1.95. The van der Waals surface area contributed by atoms with E-state index in [0.29, 0.717) is 55.2 Å². The zero-order valence-corrected chi connectivity index (χ0v) is 16.1. The van der Waals surface area contributed by atoms with Gasteiger partial charge in [-0.05, 0) is 32.6 Å². The number of aromatic nitrogens is 3. The van der Waals surface area contributed by atoms with E-state index < -0.39 is 0 Å². The second-order valence-corrected chi connectivity index (χ2v) is 7.31. The second-order valence-electron chi connectivity index (χ2n) is 7.31. The summed E-state index contributed by atoms with van der Waals surface area (Å²) in [6.45, 7) is 5.13. The summed E-state index contributed by atoms with van der Waals surface area (Å²) in [5, 5.41) is 4.07. The summed E-state index contributed by atoms with van der Waals surface area (Å²) in [7, 11) is 0. The van der Waals surface area contributed by atoms with Gasteiger partial charge in [0.25, 0.3) is 5.91 Å². The van der Waals surface area contributed by atoms with Crippen LogP contribution in [0.15, 0.2) is 15.3 Å². The van der Waals surface area contributed by atoms with Gasteiger partial charge in [0.1, 0.15) is 0 Å². The Morgan fingerprint density at radius 1 is 1.25 bits per heavy atom. The molecule has 9 heteroatoms. The summed E-state index contributed by atoms with van der Waals surface area (Å²) < 4.78 is 21.9. The Bertz CT molecular complexity index is 775. The van der Waals surface area contributed by atoms with E-state index in [0.717, 1.165) is 38.9 Å². The van der Waals surface area contributed by atoms with Gasteiger partial charge in [0.05, 0.1) is 18.4 Å². The number of nitrogens with zero attached hydrogens (tertiary/aromatic N) is 4. The van der Waals surface area contributed by atoms with Crippen molar-refractivity contribution in [2.75, 3.05) is 32.9 Å². The zero-order chi connectivity index (χ0) is 19.3. The first-order valence-corrected chi connectivity index (χ1v) is 9.92. The Labute approximate surface area is 163 Å². The Balaban J connectivity index is 1.18. The average molecular weight is 390 g/mol. The van der Waals surface area contributed by atoms with Crippen molar-refractivity contribution < 1.29 is 23.2 Å². The molecule has 2 aromatic heterocycles. The molecular formula is C19H26N4O5. The molecule has 0 bridgehead atoms. The normalized spacial score (nSPS) is 19.2. The monoisotopic (exact) mass is 390 g/mol. The third kappa shape index (κ3) is 4.41. The Morgan fingerprint density at radius 3 is 2.75 bits per heavy atom. The predicted molar refractivity (Wildman–Crippen MR) is 96.9 cm³/mol. The van der Waals surface area contributed by atoms with Crippen LogP contribution in [0.5, 0.6) is 0 Å². The molecule has 28 heavy (non-hydrogen) atoms. The molecule has 4 heterocycles. The van der Waals surface area contributed by atoms with E-state index in [1.54, 1.807) is 11.8 Å². The lowest BCUT2D eigenvalue weighted by atomic mass is 10.0. The van der Waals surface area contributed by atoms with Gasteiger partial charge in [-0.3, -0.25) is 4.79 Å². The molecule has 152 valence electrons. The van der Waals surface area contributed by atoms with Crippen molar-refractivity contribution in [2.24, 2.45) is 0 Å². The maximum absolute atomic E-state index is 12.4. The minimum Gasteiger partial charge on any atom is -0.438 e. The summed E-state index contributed by atoms with van der Waals surface area (Å²) in [4.78, 5) is 22.7. The number of hydrogen-bond donors (Lipinski definition) is 0. The van der Waals surface area contributed by atoms with Crippen molar-refractivity contribution in [1.29, 1.82) is 0 Å². The molecule has 0 radical (unpaired) electrons. The molecule has 0 saturated carbocycles. The summed E-state index contributed by atoms with van der Waals surface area (Å²) in [5.41, 5.74) is 0.628. The highest BCUT2D eigenvalue weighted by Gasteiger charge is 2.27. The first-order chi connectivity index (χ1) is 13.7. The Kier molecular flexibility index (Phi) is 6.01. The maximum Gasteiger partial charge on any atom is 0.291 e. The second kappa shape index (κ2) is 8.83. The van der Waals surface area contributed by atoms with Gasteiger partial charge < -0.3 is 23.3 Å². The quantitative estimate of drug-likeness (QED) is 0.739. The van der Waals surface area contributed by atoms with Gasteiger partial charge in [0, 0.05) is 38.6 Å². The number of aryl methyl sites for hydroxylation is 1. The van der Waals surface area contributed by atoms with Gasteiger partial charge in [-0.15, -0.1) is 0 Å². The van der Waals surface area contributed by atoms with Crippen LogP contribution in [0, 0.1) is 6.92 Å². The van der Waals surface area contributed by atoms with E-state index in [-0.39, 0.29) is 12.0 Å². The van der Waals surface area contributed by atoms with Crippen LogP contribution < -0.4 is 0 Å². The number of ether oxygens (including phenoxy) is 2. The number of carbonyl (C=O) groups excluding carboxylic acids is 1. The fourth-order valence-corrected chi connectivity index (χ4v) is 3.67. The number of piperidine rings is 1. The number of oxazole rings is 1. The van der Waals surface area contributed by atoms with Crippen LogP contribution in [0.2, 0.25) is 0 Å². The van der Waals surface area contributed by atoms with Gasteiger partial charge in [-0.1, -0.05) is 5.16 Å². The van der Waals surface area contributed by atoms with Crippen molar-refractivity contribution in [1.82, 2.24) is 20.0 Å². The van der Waals surface area contributed by atoms with Gasteiger partial charge >= 0.3 is 0 Å². The third-order valence-corrected chi connectivity index (χ3v) is 5.40. The van der Waals surface area contributed by atoms with Gasteiger partial charge in [0.15, 0.2) is 12.2 Å². The third-order valence-electron chi connectivity index (χ3n) is 5.40. The van der Waals surface area contributed by atoms with Gasteiger partial charge in [-0.2, -0.15) is 4.98 Å². The van der Waals surface area contributed by atoms with Crippen LogP contribution in [0.25, 0.3) is 0 Å². The lowest BCUT2D eigenvalue weighted by molar-refractivity contribution is 0.00862. The van der Waals surface area contributed by atoms with E-state index in [1.807, 2.05) is 0 Å². The summed E-state index contributed by atoms with van der Waals surface area (Å²) in [6.07, 6.45) is 5.55. The van der Waals surface area contributed by atoms with Crippen molar-refractivity contribution in [2.45, 2.75) is 51.0 Å². The van der Waals surface area contributed by atoms with E-state index in [2.05, 4.69) is 15.1 Å². The molecule has 0 atom stereocenters. The Hall–Kier alpha value is -2.26. The van der Waals surface area contributed by atoms with E-state index >= 15 is 0 Å². The van der Waals surface area contributed by atoms with Gasteiger partial charge in [-0.25, -0.2) is 4.98 Å². The highest BCUT2D eigenvalue weighted by atomic mass is 16.5. The summed E-state index contributed by atoms with van der Waals surface area (Å²) >= 11 is 0. The molecule has 2 aliphatic heterocycles. The molecule has 4 rings (SSSR count). The van der Waals surface area contributed by atoms with Gasteiger partial charge in [0.2, 0.25) is 11.7 Å². The molecule has 0 aliphatic carbocycles. The van der Waals surface area contributed by atoms with E-state index in [4.69, 9.17) is 18.4 Å². The van der Waals surface area contributed by atoms with Crippen molar-refractivity contribution in [3.05, 3.63) is 29.6 Å². The fourth-order valence-electron chi connectivity index (χ4n) is 3.67. The topological polar surface area (TPSA) is 104 Å². The zero-order valence-electron chi connectivity index (χ0n) is 16.1. The van der Waals surface area contributed by atoms with Crippen LogP contribution in [0.1, 0.15) is 59.6 Å². The Morgan fingerprint density at radius 2 is 2.04 bits per heavy atom. The van der Waals surface area contributed by atoms with Crippen LogP contribution in [0.4, 0.5) is 0 Å². The maximum atomic E-state index is 12.4. The number of hydrogen-bond acceptors (Lipinski definition) is 8. The predicted octanol–water partition coefficient (Wildman–Crippen LogP) is 2.12. The SMILES string of the molecule is Cc1ncoc1C(=O)N1CCC(OCCc2noc(C3CCOCC3)n2)CC1. The van der Waals surface area contributed by atoms with E-state index in [9.17, 15) is 4.79 Å². The largest absolute Gasteiger partial charge is 0.438 e. The molecule has 0 N–H and O–H groups in total. The molecule has 2 fully saturated rings. The lowest BCUT2D eigenvalue weighted by Crippen LogP contribution is -2.41. The van der Waals surface area contributed by atoms with Crippen LogP contribution in [0.3, 0.4) is 0 Å². The molecule has 2 aliphatic rings. The molecule has 9 nitrogen and oxygen atoms in total. The van der Waals surface area contributed by atoms with Crippen LogP contribution in [-0.4, -0.2) is 64.9 Å². The number of rotatable bonds is 6. The number of carbonyl (C=O) groups is 1. The van der Waals surface area contributed by atoms with E-state index in [1.165, 1.54) is 6.39 Å². The number of likely N-dealkylation sites (tertiary alicyclic amines) is 1. The average Bonchev–Trinajstić information content (AvgIpc) is 3.38. The molecule has 1 amide bonds. The van der Waals surface area contributed by atoms with Crippen LogP contribution in [-0.2, 0) is 15.9 Å². The molecule has 0 aromatic carbocycles. The first kappa shape index (κ1) is 19.1. The smallest absolute Gasteiger partial charge is 0.291 e. The first-order valence-electron chi connectivity index (χ1n) is 9.92. The highest BCUT2D eigenvalue weighted by molar-refractivity contribution is 5.92. The fraction of sp³-hybridized carbons (Fsp3) is 0.684. The van der Waals surface area contributed by atoms with Crippen LogP contribution >= 0.6 is 0 Å². The molecule has 0 spiro atoms. The lowest BCUT2D eigenvalue weighted by Gasteiger charge is -2.31. The van der Waals surface area contributed by atoms with Crippen molar-refractivity contribution >= 4 is 5.91 Å². The minimum absolute atomic E-state index is 0.0964. The van der Waals surface area contributed by atoms with Crippen molar-refractivity contribution in [3.8, 4) is 0 Å². The minimum atomic E-state index is -0.0964. The van der Waals surface area contributed by atoms with Crippen molar-refractivity contribution in [3.63, 3.8) is 0 Å². The molecular weight excluding hydrogens is 364 g/mol. The highest BCUT2D eigenvalue weighted by Crippen LogP contribution is 2.25.